The van der Waals surface area contributed by atoms with E-state index in [1.54, 1.807) is 0 Å². The fraction of sp³-hybridized carbons (Fsp3) is 0.857. The van der Waals surface area contributed by atoms with E-state index in [1.807, 2.05) is 0 Å². The summed E-state index contributed by atoms with van der Waals surface area (Å²) in [6.07, 6.45) is 8.36. The van der Waals surface area contributed by atoms with Crippen molar-refractivity contribution in [3.05, 3.63) is 12.2 Å². The molecule has 116 valence electrons. The van der Waals surface area contributed by atoms with Crippen molar-refractivity contribution < 1.29 is 17.6 Å². The minimum absolute atomic E-state index is 1.07. The maximum atomic E-state index is 10.3. The van der Waals surface area contributed by atoms with Gasteiger partial charge in [0.05, 0.1) is 0 Å². The molecule has 0 radical (unpaired) electrons. The lowest BCUT2D eigenvalue weighted by molar-refractivity contribution is 0.308. The zero-order valence-electron chi connectivity index (χ0n) is 11.7. The Balaban J connectivity index is 0. The third-order valence-corrected chi connectivity index (χ3v) is 2.97. The molecule has 0 aliphatic rings. The number of thiol groups is 1. The highest BCUT2D eigenvalue weighted by Gasteiger charge is 1.98. The van der Waals surface area contributed by atoms with E-state index < -0.39 is 12.2 Å². The SMILES string of the molecule is CCCCCCCCCCCCS.FC(F)=C(F)F. The Morgan fingerprint density at radius 1 is 0.632 bits per heavy atom. The number of unbranched alkanes of at least 4 members (excludes halogenated alkanes) is 9. The highest BCUT2D eigenvalue weighted by Crippen LogP contribution is 2.10. The Labute approximate surface area is 120 Å². The second kappa shape index (κ2) is 17.8. The van der Waals surface area contributed by atoms with Crippen LogP contribution in [0.4, 0.5) is 17.6 Å². The van der Waals surface area contributed by atoms with E-state index in [9.17, 15) is 17.6 Å². The zero-order chi connectivity index (χ0) is 14.9. The molecule has 0 aromatic carbocycles. The average Bonchev–Trinajstić information content (AvgIpc) is 2.37. The van der Waals surface area contributed by atoms with Crippen LogP contribution in [0.15, 0.2) is 12.2 Å². The van der Waals surface area contributed by atoms with Gasteiger partial charge in [-0.05, 0) is 12.2 Å². The van der Waals surface area contributed by atoms with Gasteiger partial charge in [-0.15, -0.1) is 0 Å². The monoisotopic (exact) mass is 302 g/mol. The molecule has 0 atom stereocenters. The average molecular weight is 302 g/mol. The van der Waals surface area contributed by atoms with E-state index in [0.29, 0.717) is 0 Å². The molecule has 0 unspecified atom stereocenters. The van der Waals surface area contributed by atoms with E-state index in [1.165, 1.54) is 64.2 Å². The van der Waals surface area contributed by atoms with E-state index in [0.717, 1.165) is 5.75 Å². The fourth-order valence-corrected chi connectivity index (χ4v) is 1.82. The van der Waals surface area contributed by atoms with Gasteiger partial charge in [0.1, 0.15) is 0 Å². The Kier molecular flexibility index (Phi) is 19.8. The highest BCUT2D eigenvalue weighted by atomic mass is 32.1. The molecule has 0 spiro atoms. The van der Waals surface area contributed by atoms with Crippen LogP contribution < -0.4 is 0 Å². The van der Waals surface area contributed by atoms with Gasteiger partial charge in [-0.1, -0.05) is 64.7 Å². The lowest BCUT2D eigenvalue weighted by Crippen LogP contribution is -1.81. The standard InChI is InChI=1S/C12H26S.C2F4/c1-2-3-4-5-6-7-8-9-10-11-12-13;3-1(4)2(5)6/h13H,2-12H2,1H3;. The van der Waals surface area contributed by atoms with Crippen molar-refractivity contribution in [2.24, 2.45) is 0 Å². The van der Waals surface area contributed by atoms with E-state index in [4.69, 9.17) is 0 Å². The molecule has 0 bridgehead atoms. The molecule has 0 aromatic rings. The third kappa shape index (κ3) is 23.3. The van der Waals surface area contributed by atoms with Gasteiger partial charge in [0.25, 0.3) is 0 Å². The first-order valence-corrected chi connectivity index (χ1v) is 7.66. The Bertz CT molecular complexity index is 180. The topological polar surface area (TPSA) is 0 Å². The fourth-order valence-electron chi connectivity index (χ4n) is 1.60. The van der Waals surface area contributed by atoms with E-state index in [2.05, 4.69) is 19.6 Å². The van der Waals surface area contributed by atoms with Crippen molar-refractivity contribution in [3.63, 3.8) is 0 Å². The molecular weight excluding hydrogens is 276 g/mol. The predicted molar refractivity (Wildman–Crippen MR) is 77.2 cm³/mol. The van der Waals surface area contributed by atoms with Gasteiger partial charge < -0.3 is 0 Å². The van der Waals surface area contributed by atoms with Crippen LogP contribution in [0.1, 0.15) is 71.1 Å². The molecule has 0 amide bonds. The lowest BCUT2D eigenvalue weighted by atomic mass is 10.1. The first-order chi connectivity index (χ1) is 9.06. The summed E-state index contributed by atoms with van der Waals surface area (Å²) >= 11 is 4.20. The van der Waals surface area contributed by atoms with Gasteiger partial charge in [0.15, 0.2) is 0 Å². The van der Waals surface area contributed by atoms with Gasteiger partial charge in [-0.2, -0.15) is 30.2 Å². The smallest absolute Gasteiger partial charge is 0.179 e. The number of halogens is 4. The van der Waals surface area contributed by atoms with Crippen LogP contribution in [-0.2, 0) is 0 Å². The molecule has 0 saturated carbocycles. The van der Waals surface area contributed by atoms with Crippen molar-refractivity contribution >= 4 is 12.6 Å². The highest BCUT2D eigenvalue weighted by molar-refractivity contribution is 7.80. The molecule has 0 nitrogen and oxygen atoms in total. The van der Waals surface area contributed by atoms with Gasteiger partial charge >= 0.3 is 12.2 Å². The number of rotatable bonds is 10. The summed E-state index contributed by atoms with van der Waals surface area (Å²) in [4.78, 5) is 0. The summed E-state index contributed by atoms with van der Waals surface area (Å²) in [5.74, 6) is 1.07. The van der Waals surface area contributed by atoms with E-state index in [-0.39, 0.29) is 0 Å². The van der Waals surface area contributed by atoms with Crippen LogP contribution in [-0.4, -0.2) is 5.75 Å². The first-order valence-electron chi connectivity index (χ1n) is 7.03. The van der Waals surface area contributed by atoms with E-state index >= 15 is 0 Å². The number of hydrogen-bond donors (Lipinski definition) is 1. The van der Waals surface area contributed by atoms with Crippen LogP contribution >= 0.6 is 12.6 Å². The molecule has 0 aromatic heterocycles. The second-order valence-electron chi connectivity index (χ2n) is 4.43. The van der Waals surface area contributed by atoms with Gasteiger partial charge in [-0.3, -0.25) is 0 Å². The molecule has 0 aliphatic heterocycles. The zero-order valence-corrected chi connectivity index (χ0v) is 12.6. The number of hydrogen-bond acceptors (Lipinski definition) is 1. The minimum atomic E-state index is -2.91. The van der Waals surface area contributed by atoms with Crippen LogP contribution in [0, 0.1) is 0 Å². The van der Waals surface area contributed by atoms with Crippen molar-refractivity contribution in [1.29, 1.82) is 0 Å². The second-order valence-corrected chi connectivity index (χ2v) is 4.87. The molecule has 19 heavy (non-hydrogen) atoms. The van der Waals surface area contributed by atoms with Crippen LogP contribution in [0.25, 0.3) is 0 Å². The van der Waals surface area contributed by atoms with Crippen molar-refractivity contribution in [1.82, 2.24) is 0 Å². The normalized spacial score (nSPS) is 9.79. The van der Waals surface area contributed by atoms with Crippen LogP contribution in [0.3, 0.4) is 0 Å². The molecule has 5 heteroatoms. The summed E-state index contributed by atoms with van der Waals surface area (Å²) in [6, 6.07) is 0. The van der Waals surface area contributed by atoms with Crippen LogP contribution in [0.5, 0.6) is 0 Å². The van der Waals surface area contributed by atoms with Gasteiger partial charge in [0, 0.05) is 0 Å². The maximum Gasteiger partial charge on any atom is 0.334 e. The summed E-state index contributed by atoms with van der Waals surface area (Å²) in [5.41, 5.74) is 0. The largest absolute Gasteiger partial charge is 0.334 e. The first kappa shape index (κ1) is 21.1. The van der Waals surface area contributed by atoms with Crippen molar-refractivity contribution in [2.75, 3.05) is 5.75 Å². The Hall–Kier alpha value is -0.190. The minimum Gasteiger partial charge on any atom is -0.179 e. The van der Waals surface area contributed by atoms with Gasteiger partial charge in [-0.25, -0.2) is 0 Å². The molecule has 0 rings (SSSR count). The molecular formula is C14H26F4S. The Morgan fingerprint density at radius 3 is 1.21 bits per heavy atom. The summed E-state index contributed by atoms with van der Waals surface area (Å²) in [6.45, 7) is 2.28. The molecule has 0 N–H and O–H groups in total. The summed E-state index contributed by atoms with van der Waals surface area (Å²) in [7, 11) is 0. The Morgan fingerprint density at radius 2 is 0.947 bits per heavy atom. The third-order valence-electron chi connectivity index (χ3n) is 2.65. The van der Waals surface area contributed by atoms with Crippen LogP contribution in [0.2, 0.25) is 0 Å². The van der Waals surface area contributed by atoms with Crippen molar-refractivity contribution in [2.45, 2.75) is 71.1 Å². The summed E-state index contributed by atoms with van der Waals surface area (Å²) < 4.78 is 41.1. The molecule has 0 fully saturated rings. The molecule has 0 aliphatic carbocycles. The lowest BCUT2D eigenvalue weighted by Gasteiger charge is -2.00. The quantitative estimate of drug-likeness (QED) is 0.255. The van der Waals surface area contributed by atoms with Gasteiger partial charge in [0.2, 0.25) is 0 Å². The maximum absolute atomic E-state index is 10.3. The molecule has 0 saturated heterocycles. The van der Waals surface area contributed by atoms with Crippen molar-refractivity contribution in [3.8, 4) is 0 Å². The summed E-state index contributed by atoms with van der Waals surface area (Å²) in [5, 5.41) is 0. The predicted octanol–water partition coefficient (Wildman–Crippen LogP) is 6.83. The molecule has 0 heterocycles.